The lowest BCUT2D eigenvalue weighted by atomic mass is 10.0. The smallest absolute Gasteiger partial charge is 0.266 e. The van der Waals surface area contributed by atoms with E-state index in [9.17, 15) is 9.59 Å². The Hall–Kier alpha value is -3.88. The molecular formula is C21H21N7O2. The van der Waals surface area contributed by atoms with Crippen molar-refractivity contribution in [3.8, 4) is 17.3 Å². The third-order valence-corrected chi connectivity index (χ3v) is 4.92. The number of benzene rings is 1. The van der Waals surface area contributed by atoms with E-state index in [-0.39, 0.29) is 18.0 Å². The van der Waals surface area contributed by atoms with Gasteiger partial charge in [-0.25, -0.2) is 9.97 Å². The van der Waals surface area contributed by atoms with Crippen LogP contribution in [0.25, 0.3) is 28.2 Å². The fraction of sp³-hybridized carbons (Fsp3) is 0.238. The maximum Gasteiger partial charge on any atom is 0.266 e. The fourth-order valence-corrected chi connectivity index (χ4v) is 3.34. The molecule has 9 nitrogen and oxygen atoms in total. The van der Waals surface area contributed by atoms with Gasteiger partial charge in [-0.05, 0) is 56.2 Å². The van der Waals surface area contributed by atoms with E-state index in [1.807, 2.05) is 31.4 Å². The zero-order chi connectivity index (χ0) is 21.4. The minimum absolute atomic E-state index is 0.0642. The van der Waals surface area contributed by atoms with Gasteiger partial charge < -0.3 is 10.3 Å². The Morgan fingerprint density at radius 1 is 1.20 bits per heavy atom. The Morgan fingerprint density at radius 3 is 2.73 bits per heavy atom. The molecule has 0 saturated heterocycles. The summed E-state index contributed by atoms with van der Waals surface area (Å²) in [5, 5.41) is 8.54. The highest BCUT2D eigenvalue weighted by atomic mass is 16.1. The van der Waals surface area contributed by atoms with Crippen LogP contribution in [-0.2, 0) is 11.2 Å². The van der Waals surface area contributed by atoms with Crippen molar-refractivity contribution in [3.05, 3.63) is 64.5 Å². The number of aryl methyl sites for hydroxylation is 1. The minimum Gasteiger partial charge on any atom is -0.369 e. The van der Waals surface area contributed by atoms with E-state index in [4.69, 9.17) is 5.73 Å². The number of rotatable bonds is 5. The molecule has 0 aliphatic rings. The highest BCUT2D eigenvalue weighted by Gasteiger charge is 2.14. The summed E-state index contributed by atoms with van der Waals surface area (Å²) in [6, 6.07) is 8.99. The maximum absolute atomic E-state index is 13.2. The Bertz CT molecular complexity index is 1320. The first kappa shape index (κ1) is 19.4. The molecule has 1 amide bonds. The summed E-state index contributed by atoms with van der Waals surface area (Å²) >= 11 is 0. The molecule has 152 valence electrons. The van der Waals surface area contributed by atoms with Gasteiger partial charge in [0.15, 0.2) is 5.82 Å². The molecule has 0 radical (unpaired) electrons. The number of primary amides is 1. The summed E-state index contributed by atoms with van der Waals surface area (Å²) in [6.07, 6.45) is 3.17. The van der Waals surface area contributed by atoms with Gasteiger partial charge in [0.05, 0.1) is 17.3 Å². The highest BCUT2D eigenvalue weighted by Crippen LogP contribution is 2.20. The van der Waals surface area contributed by atoms with E-state index >= 15 is 0 Å². The number of pyridine rings is 1. The number of hydrogen-bond acceptors (Lipinski definition) is 6. The Morgan fingerprint density at radius 2 is 2.00 bits per heavy atom. The SMILES string of the molecule is Cc1cc2ncn(-c3cccc(-c4nncn4C(C)C)n3)c(=O)c2cc1CC(N)=O. The number of hydrogen-bond donors (Lipinski definition) is 1. The van der Waals surface area contributed by atoms with E-state index in [0.717, 1.165) is 5.56 Å². The molecule has 4 aromatic rings. The topological polar surface area (TPSA) is 122 Å². The molecular weight excluding hydrogens is 382 g/mol. The van der Waals surface area contributed by atoms with E-state index in [1.165, 1.54) is 10.9 Å². The zero-order valence-electron chi connectivity index (χ0n) is 16.9. The quantitative estimate of drug-likeness (QED) is 0.544. The van der Waals surface area contributed by atoms with Crippen LogP contribution in [0, 0.1) is 6.92 Å². The van der Waals surface area contributed by atoms with Crippen molar-refractivity contribution < 1.29 is 4.79 Å². The first-order valence-corrected chi connectivity index (χ1v) is 9.51. The summed E-state index contributed by atoms with van der Waals surface area (Å²) < 4.78 is 3.29. The average molecular weight is 403 g/mol. The molecule has 9 heteroatoms. The second-order valence-electron chi connectivity index (χ2n) is 7.40. The van der Waals surface area contributed by atoms with Crippen LogP contribution in [0.5, 0.6) is 0 Å². The molecule has 30 heavy (non-hydrogen) atoms. The number of carbonyl (C=O) groups excluding carboxylic acids is 1. The summed E-state index contributed by atoms with van der Waals surface area (Å²) in [4.78, 5) is 33.6. The highest BCUT2D eigenvalue weighted by molar-refractivity contribution is 5.83. The van der Waals surface area contributed by atoms with E-state index < -0.39 is 5.91 Å². The number of carbonyl (C=O) groups is 1. The molecule has 0 aliphatic carbocycles. The van der Waals surface area contributed by atoms with Gasteiger partial charge in [0.25, 0.3) is 5.56 Å². The Balaban J connectivity index is 1.85. The summed E-state index contributed by atoms with van der Waals surface area (Å²) in [5.41, 5.74) is 7.78. The largest absolute Gasteiger partial charge is 0.369 e. The molecule has 3 aromatic heterocycles. The van der Waals surface area contributed by atoms with Gasteiger partial charge in [-0.1, -0.05) is 6.07 Å². The standard InChI is InChI=1S/C21H21N7O2/c1-12(2)27-11-24-26-20(27)16-5-4-6-19(25-16)28-10-23-17-7-13(3)14(9-18(22)29)8-15(17)21(28)30/h4-8,10-12H,9H2,1-3H3,(H2,22,29). The Kier molecular flexibility index (Phi) is 4.86. The van der Waals surface area contributed by atoms with Crippen LogP contribution in [0.15, 0.2) is 47.8 Å². The molecule has 0 aliphatic heterocycles. The van der Waals surface area contributed by atoms with Crippen LogP contribution < -0.4 is 11.3 Å². The van der Waals surface area contributed by atoms with E-state index in [2.05, 4.69) is 20.2 Å². The molecule has 2 N–H and O–H groups in total. The molecule has 1 aromatic carbocycles. The zero-order valence-corrected chi connectivity index (χ0v) is 16.9. The van der Waals surface area contributed by atoms with E-state index in [1.54, 1.807) is 30.6 Å². The van der Waals surface area contributed by atoms with Gasteiger partial charge in [0.2, 0.25) is 5.91 Å². The second kappa shape index (κ2) is 7.51. The van der Waals surface area contributed by atoms with Crippen molar-refractivity contribution in [1.29, 1.82) is 0 Å². The maximum atomic E-state index is 13.2. The van der Waals surface area contributed by atoms with Crippen LogP contribution in [0.4, 0.5) is 0 Å². The van der Waals surface area contributed by atoms with Crippen molar-refractivity contribution >= 4 is 16.8 Å². The lowest BCUT2D eigenvalue weighted by molar-refractivity contribution is -0.117. The normalized spacial score (nSPS) is 11.3. The van der Waals surface area contributed by atoms with Crippen LogP contribution in [0.3, 0.4) is 0 Å². The van der Waals surface area contributed by atoms with Crippen LogP contribution in [-0.4, -0.2) is 35.2 Å². The van der Waals surface area contributed by atoms with Crippen LogP contribution in [0.2, 0.25) is 0 Å². The predicted octanol–water partition coefficient (Wildman–Crippen LogP) is 1.96. The van der Waals surface area contributed by atoms with Crippen molar-refractivity contribution in [2.24, 2.45) is 5.73 Å². The Labute approximate surface area is 172 Å². The molecule has 0 saturated carbocycles. The van der Waals surface area contributed by atoms with Crippen LogP contribution in [0.1, 0.15) is 31.0 Å². The number of nitrogens with zero attached hydrogens (tertiary/aromatic N) is 6. The molecule has 0 spiro atoms. The molecule has 0 unspecified atom stereocenters. The van der Waals surface area contributed by atoms with Gasteiger partial charge >= 0.3 is 0 Å². The summed E-state index contributed by atoms with van der Waals surface area (Å²) in [6.45, 7) is 5.92. The summed E-state index contributed by atoms with van der Waals surface area (Å²) in [5.74, 6) is 0.584. The number of amides is 1. The second-order valence-corrected chi connectivity index (χ2v) is 7.40. The first-order valence-electron chi connectivity index (χ1n) is 9.51. The van der Waals surface area contributed by atoms with E-state index in [0.29, 0.717) is 33.8 Å². The number of aromatic nitrogens is 6. The summed E-state index contributed by atoms with van der Waals surface area (Å²) in [7, 11) is 0. The van der Waals surface area contributed by atoms with Crippen molar-refractivity contribution in [1.82, 2.24) is 29.3 Å². The van der Waals surface area contributed by atoms with Crippen molar-refractivity contribution in [2.45, 2.75) is 33.2 Å². The third kappa shape index (κ3) is 3.45. The van der Waals surface area contributed by atoms with Gasteiger partial charge in [-0.2, -0.15) is 0 Å². The van der Waals surface area contributed by atoms with Crippen molar-refractivity contribution in [2.75, 3.05) is 0 Å². The lowest BCUT2D eigenvalue weighted by Crippen LogP contribution is -2.21. The average Bonchev–Trinajstić information content (AvgIpc) is 3.19. The van der Waals surface area contributed by atoms with Gasteiger partial charge in [-0.15, -0.1) is 10.2 Å². The number of nitrogens with two attached hydrogens (primary N) is 1. The predicted molar refractivity (Wildman–Crippen MR) is 112 cm³/mol. The van der Waals surface area contributed by atoms with Gasteiger partial charge in [-0.3, -0.25) is 14.2 Å². The molecule has 4 rings (SSSR count). The molecule has 3 heterocycles. The lowest BCUT2D eigenvalue weighted by Gasteiger charge is -2.11. The fourth-order valence-electron chi connectivity index (χ4n) is 3.34. The monoisotopic (exact) mass is 403 g/mol. The first-order chi connectivity index (χ1) is 14.3. The molecule has 0 atom stereocenters. The van der Waals surface area contributed by atoms with Gasteiger partial charge in [0, 0.05) is 6.04 Å². The molecule has 0 bridgehead atoms. The molecule has 0 fully saturated rings. The van der Waals surface area contributed by atoms with Crippen molar-refractivity contribution in [3.63, 3.8) is 0 Å². The number of fused-ring (bicyclic) bond motifs is 1. The van der Waals surface area contributed by atoms with Crippen LogP contribution >= 0.6 is 0 Å². The third-order valence-electron chi connectivity index (χ3n) is 4.92. The minimum atomic E-state index is -0.453. The van der Waals surface area contributed by atoms with Gasteiger partial charge in [0.1, 0.15) is 24.2 Å².